The van der Waals surface area contributed by atoms with E-state index in [2.05, 4.69) is 13.8 Å². The van der Waals surface area contributed by atoms with Crippen molar-refractivity contribution in [3.05, 3.63) is 6.92 Å². The van der Waals surface area contributed by atoms with Gasteiger partial charge in [0, 0.05) is 6.61 Å². The lowest BCUT2D eigenvalue weighted by Gasteiger charge is -2.12. The van der Waals surface area contributed by atoms with Gasteiger partial charge in [-0.1, -0.05) is 26.2 Å². The lowest BCUT2D eigenvalue weighted by molar-refractivity contribution is 0.0219. The van der Waals surface area contributed by atoms with Crippen LogP contribution in [-0.2, 0) is 9.47 Å². The minimum Gasteiger partial charge on any atom is -0.379 e. The van der Waals surface area contributed by atoms with E-state index in [9.17, 15) is 0 Å². The molecule has 2 heteroatoms. The molecule has 1 radical (unpaired) electrons. The highest BCUT2D eigenvalue weighted by Crippen LogP contribution is 2.05. The highest BCUT2D eigenvalue weighted by Gasteiger charge is 2.00. The van der Waals surface area contributed by atoms with Gasteiger partial charge >= 0.3 is 0 Å². The second-order valence-corrected chi connectivity index (χ2v) is 3.19. The Hall–Kier alpha value is -0.0800. The maximum atomic E-state index is 5.45. The Morgan fingerprint density at radius 1 is 1.15 bits per heavy atom. The first-order valence-electron chi connectivity index (χ1n) is 5.33. The van der Waals surface area contributed by atoms with Gasteiger partial charge in [-0.15, -0.1) is 0 Å². The molecule has 0 amide bonds. The van der Waals surface area contributed by atoms with Gasteiger partial charge in [-0.05, 0) is 20.3 Å². The van der Waals surface area contributed by atoms with Crippen LogP contribution in [0, 0.1) is 6.92 Å². The Bertz CT molecular complexity index is 94.1. The fraction of sp³-hybridized carbons (Fsp3) is 0.909. The summed E-state index contributed by atoms with van der Waals surface area (Å²) in [4.78, 5) is 0. The van der Waals surface area contributed by atoms with Crippen LogP contribution in [0.4, 0.5) is 0 Å². The minimum atomic E-state index is 0.145. The molecule has 0 N–H and O–H groups in total. The largest absolute Gasteiger partial charge is 0.379 e. The molecular formula is C11H23O2. The Kier molecular flexibility index (Phi) is 9.94. The lowest BCUT2D eigenvalue weighted by Crippen LogP contribution is -2.13. The standard InChI is InChI=1S/C11H23O2/c1-4-6-7-8-11(3)13-10-9-12-5-2/h11H,3-10H2,1-2H3. The maximum absolute atomic E-state index is 5.45. The second kappa shape index (κ2) is 10.0. The molecular weight excluding hydrogens is 164 g/mol. The van der Waals surface area contributed by atoms with Gasteiger partial charge in [-0.25, -0.2) is 0 Å². The zero-order valence-electron chi connectivity index (χ0n) is 9.05. The first kappa shape index (κ1) is 12.9. The number of rotatable bonds is 9. The number of unbranched alkanes of at least 4 members (excludes halogenated alkanes) is 2. The monoisotopic (exact) mass is 187 g/mol. The van der Waals surface area contributed by atoms with Crippen molar-refractivity contribution >= 4 is 0 Å². The van der Waals surface area contributed by atoms with E-state index in [1.54, 1.807) is 0 Å². The summed E-state index contributed by atoms with van der Waals surface area (Å²) in [6, 6.07) is 0. The molecule has 1 unspecified atom stereocenters. The maximum Gasteiger partial charge on any atom is 0.0704 e. The van der Waals surface area contributed by atoms with Gasteiger partial charge in [0.1, 0.15) is 0 Å². The van der Waals surface area contributed by atoms with E-state index in [0.29, 0.717) is 13.2 Å². The summed E-state index contributed by atoms with van der Waals surface area (Å²) >= 11 is 0. The minimum absolute atomic E-state index is 0.145. The molecule has 0 aromatic heterocycles. The molecule has 0 aromatic carbocycles. The molecule has 0 aliphatic heterocycles. The van der Waals surface area contributed by atoms with Crippen LogP contribution < -0.4 is 0 Å². The van der Waals surface area contributed by atoms with E-state index in [0.717, 1.165) is 13.0 Å². The van der Waals surface area contributed by atoms with Gasteiger partial charge in [0.05, 0.1) is 19.3 Å². The van der Waals surface area contributed by atoms with E-state index in [4.69, 9.17) is 9.47 Å². The number of hydrogen-bond donors (Lipinski definition) is 0. The van der Waals surface area contributed by atoms with Crippen molar-refractivity contribution in [3.8, 4) is 0 Å². The fourth-order valence-corrected chi connectivity index (χ4v) is 1.12. The van der Waals surface area contributed by atoms with Gasteiger partial charge in [0.15, 0.2) is 0 Å². The molecule has 1 atom stereocenters. The van der Waals surface area contributed by atoms with E-state index in [-0.39, 0.29) is 6.10 Å². The average molecular weight is 187 g/mol. The highest BCUT2D eigenvalue weighted by molar-refractivity contribution is 4.59. The molecule has 0 aromatic rings. The molecule has 0 heterocycles. The van der Waals surface area contributed by atoms with E-state index >= 15 is 0 Å². The Labute approximate surface area is 82.6 Å². The summed E-state index contributed by atoms with van der Waals surface area (Å²) in [7, 11) is 0. The zero-order valence-corrected chi connectivity index (χ0v) is 9.05. The van der Waals surface area contributed by atoms with Crippen molar-refractivity contribution < 1.29 is 9.47 Å². The van der Waals surface area contributed by atoms with E-state index in [1.807, 2.05) is 6.92 Å². The third-order valence-electron chi connectivity index (χ3n) is 1.92. The van der Waals surface area contributed by atoms with E-state index < -0.39 is 0 Å². The summed E-state index contributed by atoms with van der Waals surface area (Å²) < 4.78 is 10.6. The summed E-state index contributed by atoms with van der Waals surface area (Å²) in [6.07, 6.45) is 4.97. The molecule has 0 fully saturated rings. The van der Waals surface area contributed by atoms with Crippen molar-refractivity contribution in [3.63, 3.8) is 0 Å². The smallest absolute Gasteiger partial charge is 0.0704 e. The van der Waals surface area contributed by atoms with Gasteiger partial charge in [-0.2, -0.15) is 0 Å². The number of ether oxygens (including phenoxy) is 2. The summed E-state index contributed by atoms with van der Waals surface area (Å²) in [6.45, 7) is 10.3. The SMILES string of the molecule is [CH2]C(CCCCC)OCCOCC. The van der Waals surface area contributed by atoms with Crippen LogP contribution in [0.5, 0.6) is 0 Å². The molecule has 0 aliphatic rings. The average Bonchev–Trinajstić information content (AvgIpc) is 2.13. The predicted molar refractivity (Wildman–Crippen MR) is 55.7 cm³/mol. The van der Waals surface area contributed by atoms with Crippen LogP contribution in [0.25, 0.3) is 0 Å². The van der Waals surface area contributed by atoms with Crippen LogP contribution >= 0.6 is 0 Å². The Morgan fingerprint density at radius 3 is 2.54 bits per heavy atom. The van der Waals surface area contributed by atoms with Crippen LogP contribution in [0.15, 0.2) is 0 Å². The Morgan fingerprint density at radius 2 is 1.92 bits per heavy atom. The molecule has 0 bridgehead atoms. The van der Waals surface area contributed by atoms with E-state index in [1.165, 1.54) is 19.3 Å². The molecule has 0 rings (SSSR count). The quantitative estimate of drug-likeness (QED) is 0.517. The van der Waals surface area contributed by atoms with Crippen molar-refractivity contribution in [2.24, 2.45) is 0 Å². The number of hydrogen-bond acceptors (Lipinski definition) is 2. The van der Waals surface area contributed by atoms with Crippen molar-refractivity contribution in [1.29, 1.82) is 0 Å². The summed E-state index contributed by atoms with van der Waals surface area (Å²) in [5, 5.41) is 0. The molecule has 0 saturated carbocycles. The predicted octanol–water partition coefficient (Wildman–Crippen LogP) is 2.82. The molecule has 79 valence electrons. The molecule has 2 nitrogen and oxygen atoms in total. The van der Waals surface area contributed by atoms with Crippen molar-refractivity contribution in [2.75, 3.05) is 19.8 Å². The normalized spacial score (nSPS) is 13.2. The molecule has 0 aliphatic carbocycles. The second-order valence-electron chi connectivity index (χ2n) is 3.19. The van der Waals surface area contributed by atoms with Crippen molar-refractivity contribution in [1.82, 2.24) is 0 Å². The van der Waals surface area contributed by atoms with Crippen molar-refractivity contribution in [2.45, 2.75) is 45.6 Å². The first-order valence-corrected chi connectivity index (χ1v) is 5.33. The molecule has 0 saturated heterocycles. The third kappa shape index (κ3) is 9.84. The van der Waals surface area contributed by atoms with Gasteiger partial charge in [0.25, 0.3) is 0 Å². The highest BCUT2D eigenvalue weighted by atomic mass is 16.5. The fourth-order valence-electron chi connectivity index (χ4n) is 1.12. The topological polar surface area (TPSA) is 18.5 Å². The lowest BCUT2D eigenvalue weighted by atomic mass is 10.1. The first-order chi connectivity index (χ1) is 6.31. The summed E-state index contributed by atoms with van der Waals surface area (Å²) in [5.74, 6) is 0. The van der Waals surface area contributed by atoms with Crippen LogP contribution in [0.2, 0.25) is 0 Å². The van der Waals surface area contributed by atoms with Crippen LogP contribution in [0.1, 0.15) is 39.5 Å². The van der Waals surface area contributed by atoms with Gasteiger partial charge in [-0.3, -0.25) is 0 Å². The van der Waals surface area contributed by atoms with Crippen LogP contribution in [-0.4, -0.2) is 25.9 Å². The molecule has 0 spiro atoms. The van der Waals surface area contributed by atoms with Crippen LogP contribution in [0.3, 0.4) is 0 Å². The molecule has 13 heavy (non-hydrogen) atoms. The zero-order chi connectivity index (χ0) is 9.94. The summed E-state index contributed by atoms with van der Waals surface area (Å²) in [5.41, 5.74) is 0. The third-order valence-corrected chi connectivity index (χ3v) is 1.92. The van der Waals surface area contributed by atoms with Gasteiger partial charge in [0.2, 0.25) is 0 Å². The Balaban J connectivity index is 3.05. The van der Waals surface area contributed by atoms with Gasteiger partial charge < -0.3 is 9.47 Å².